The number of nitrogens with one attached hydrogen (secondary N) is 2. The minimum atomic E-state index is -1.18. The molecule has 73 heavy (non-hydrogen) atoms. The Morgan fingerprint density at radius 2 is 1.78 bits per heavy atom. The number of fused-ring (bicyclic) bond motifs is 1. The van der Waals surface area contributed by atoms with Crippen molar-refractivity contribution in [2.45, 2.75) is 111 Å². The van der Waals surface area contributed by atoms with Crippen LogP contribution in [0.2, 0.25) is 0 Å². The second kappa shape index (κ2) is 25.6. The predicted octanol–water partition coefficient (Wildman–Crippen LogP) is 5.34. The summed E-state index contributed by atoms with van der Waals surface area (Å²) in [6.45, 7) is 15.3. The van der Waals surface area contributed by atoms with Gasteiger partial charge in [-0.3, -0.25) is 38.9 Å². The molecule has 0 saturated carbocycles. The Hall–Kier alpha value is -6.32. The molecular formula is C56H74N8O9. The second-order valence-corrected chi connectivity index (χ2v) is 19.7. The first kappa shape index (κ1) is 54.5. The number of likely N-dealkylation sites (N-methyl/N-ethyl adjacent to an activating group) is 1. The van der Waals surface area contributed by atoms with Crippen LogP contribution in [-0.2, 0) is 64.2 Å². The lowest BCUT2D eigenvalue weighted by Gasteiger charge is -2.36. The number of phenolic OH excluding ortho intramolecular Hbond substituents is 1. The summed E-state index contributed by atoms with van der Waals surface area (Å²) in [6.07, 6.45) is 5.56. The summed E-state index contributed by atoms with van der Waals surface area (Å²) in [5.41, 5.74) is 10.5. The van der Waals surface area contributed by atoms with Gasteiger partial charge in [0, 0.05) is 82.5 Å². The number of ether oxygens (including phenoxy) is 3. The van der Waals surface area contributed by atoms with Crippen LogP contribution in [0.25, 0.3) is 33.3 Å². The third kappa shape index (κ3) is 13.1. The number of carbonyl (C=O) groups excluding carboxylic acids is 5. The summed E-state index contributed by atoms with van der Waals surface area (Å²) in [7, 11) is 3.26. The van der Waals surface area contributed by atoms with Crippen LogP contribution >= 0.6 is 0 Å². The lowest BCUT2D eigenvalue weighted by Crippen LogP contribution is -2.62. The molecule has 3 aliphatic rings. The minimum absolute atomic E-state index is 0.0160. The average Bonchev–Trinajstić information content (AvgIpc) is 4.01. The fourth-order valence-corrected chi connectivity index (χ4v) is 10.5. The van der Waals surface area contributed by atoms with Crippen molar-refractivity contribution in [3.8, 4) is 40.0 Å². The molecule has 0 unspecified atom stereocenters. The van der Waals surface area contributed by atoms with Gasteiger partial charge in [-0.2, -0.15) is 0 Å². The summed E-state index contributed by atoms with van der Waals surface area (Å²) in [6, 6.07) is 12.6. The molecule has 0 spiro atoms. The Morgan fingerprint density at radius 1 is 0.986 bits per heavy atom. The number of amides is 4. The first-order valence-corrected chi connectivity index (χ1v) is 26.1. The van der Waals surface area contributed by atoms with E-state index in [1.807, 2.05) is 39.0 Å². The molecule has 7 rings (SSSR count). The third-order valence-corrected chi connectivity index (χ3v) is 14.1. The number of morpholine rings is 1. The molecule has 3 aliphatic heterocycles. The molecule has 4 amide bonds. The van der Waals surface area contributed by atoms with Crippen LogP contribution in [0.4, 0.5) is 0 Å². The third-order valence-electron chi connectivity index (χ3n) is 14.1. The average molecular weight is 1000 g/mol. The van der Waals surface area contributed by atoms with Crippen molar-refractivity contribution in [2.75, 3.05) is 73.2 Å². The zero-order chi connectivity index (χ0) is 52.2. The van der Waals surface area contributed by atoms with Gasteiger partial charge in [-0.25, -0.2) is 5.43 Å². The normalized spacial score (nSPS) is 18.0. The van der Waals surface area contributed by atoms with Crippen molar-refractivity contribution in [2.24, 2.45) is 11.8 Å². The van der Waals surface area contributed by atoms with Crippen LogP contribution in [-0.4, -0.2) is 155 Å². The molecule has 3 fully saturated rings. The van der Waals surface area contributed by atoms with Crippen molar-refractivity contribution >= 4 is 40.5 Å². The molecule has 2 aromatic heterocycles. The first-order valence-electron chi connectivity index (χ1n) is 26.1. The molecule has 3 saturated heterocycles. The predicted molar refractivity (Wildman–Crippen MR) is 279 cm³/mol. The van der Waals surface area contributed by atoms with E-state index in [0.29, 0.717) is 64.2 Å². The van der Waals surface area contributed by atoms with Crippen LogP contribution in [0.5, 0.6) is 5.75 Å². The van der Waals surface area contributed by atoms with Crippen molar-refractivity contribution in [1.29, 1.82) is 0 Å². The maximum atomic E-state index is 14.8. The van der Waals surface area contributed by atoms with Crippen LogP contribution in [0, 0.1) is 23.7 Å². The molecule has 0 aliphatic carbocycles. The van der Waals surface area contributed by atoms with E-state index in [0.717, 1.165) is 71.5 Å². The molecule has 3 N–H and O–H groups in total. The Balaban J connectivity index is 1.16. The smallest absolute Gasteiger partial charge is 0.324 e. The Morgan fingerprint density at radius 3 is 2.51 bits per heavy atom. The fourth-order valence-electron chi connectivity index (χ4n) is 10.5. The zero-order valence-electron chi connectivity index (χ0n) is 43.7. The van der Waals surface area contributed by atoms with Crippen LogP contribution in [0.15, 0.2) is 54.7 Å². The zero-order valence-corrected chi connectivity index (χ0v) is 43.7. The number of hydrazine groups is 1. The minimum Gasteiger partial charge on any atom is -0.508 e. The largest absolute Gasteiger partial charge is 0.508 e. The molecule has 17 heteroatoms. The maximum absolute atomic E-state index is 14.8. The van der Waals surface area contributed by atoms with Crippen molar-refractivity contribution in [3.05, 3.63) is 71.5 Å². The monoisotopic (exact) mass is 1000 g/mol. The van der Waals surface area contributed by atoms with Gasteiger partial charge in [0.1, 0.15) is 23.9 Å². The summed E-state index contributed by atoms with van der Waals surface area (Å²) in [4.78, 5) is 79.7. The number of hydrogen-bond donors (Lipinski definition) is 3. The number of aryl methyl sites for hydroxylation is 2. The van der Waals surface area contributed by atoms with Gasteiger partial charge < -0.3 is 39.0 Å². The highest BCUT2D eigenvalue weighted by molar-refractivity contribution is 5.97. The molecule has 392 valence electrons. The summed E-state index contributed by atoms with van der Waals surface area (Å²) < 4.78 is 18.7. The van der Waals surface area contributed by atoms with Crippen LogP contribution in [0.1, 0.15) is 83.5 Å². The van der Waals surface area contributed by atoms with E-state index >= 15 is 0 Å². The van der Waals surface area contributed by atoms with E-state index in [4.69, 9.17) is 14.2 Å². The van der Waals surface area contributed by atoms with Gasteiger partial charge in [0.05, 0.1) is 50.3 Å². The molecule has 0 bridgehead atoms. The standard InChI is InChI=1S/C56H74N8O9/c1-8-14-43-45-34-39(18-19-49(45)63(10-3)52(43)44-15-11-21-57-48(44)36-71-7)41-30-38(31-42(65)33-41)32-47(55(69)64-23-12-16-46(59-64)56(70)73-27-9-2)58-53(67)51(37(4)5)60(6)54(68)40-20-24-62(35-40)50(66)17-13-22-61-25-28-72-29-26-61/h11,15,18-19,21,30-31,33-34,37,40,46-47,51,59,65H,8-10,12,14,16,20,22-29,32,35-36H2,1-7H3,(H,58,67)/t40-,46-,47-,51-/m0/s1. The van der Waals surface area contributed by atoms with E-state index in [1.54, 1.807) is 37.4 Å². The number of aromatic hydroxyl groups is 1. The van der Waals surface area contributed by atoms with E-state index in [1.165, 1.54) is 15.5 Å². The van der Waals surface area contributed by atoms with Gasteiger partial charge in [0.25, 0.3) is 11.8 Å². The number of benzene rings is 2. The van der Waals surface area contributed by atoms with Crippen molar-refractivity contribution < 1.29 is 43.3 Å². The van der Waals surface area contributed by atoms with Gasteiger partial charge in [-0.15, -0.1) is 0 Å². The molecule has 5 heterocycles. The topological polar surface area (TPSA) is 188 Å². The molecule has 0 radical (unpaired) electrons. The van der Waals surface area contributed by atoms with Gasteiger partial charge in [0.15, 0.2) is 0 Å². The van der Waals surface area contributed by atoms with Gasteiger partial charge in [-0.05, 0) is 110 Å². The molecule has 4 atom stereocenters. The van der Waals surface area contributed by atoms with Crippen molar-refractivity contribution in [3.63, 3.8) is 0 Å². The first-order chi connectivity index (χ1) is 35.3. The molecule has 17 nitrogen and oxygen atoms in total. The lowest BCUT2D eigenvalue weighted by molar-refractivity contribution is -0.153. The number of phenols is 1. The summed E-state index contributed by atoms with van der Waals surface area (Å²) >= 11 is 0. The van der Waals surface area contributed by atoms with Crippen LogP contribution < -0.4 is 10.7 Å². The quantitative estimate of drug-likeness (QED) is 0.0810. The lowest BCUT2D eigenvalue weighted by atomic mass is 9.95. The summed E-state index contributed by atoms with van der Waals surface area (Å²) in [5, 5.41) is 16.9. The van der Waals surface area contributed by atoms with Gasteiger partial charge >= 0.3 is 5.97 Å². The van der Waals surface area contributed by atoms with Crippen LogP contribution in [0.3, 0.4) is 0 Å². The number of aromatic nitrogens is 2. The molecule has 4 aromatic rings. The van der Waals surface area contributed by atoms with E-state index in [2.05, 4.69) is 69.1 Å². The van der Waals surface area contributed by atoms with E-state index in [9.17, 15) is 29.1 Å². The number of rotatable bonds is 19. The van der Waals surface area contributed by atoms with Gasteiger partial charge in [0.2, 0.25) is 11.8 Å². The number of pyridine rings is 1. The molecule has 2 aromatic carbocycles. The number of hydrogen-bond acceptors (Lipinski definition) is 12. The maximum Gasteiger partial charge on any atom is 0.324 e. The second-order valence-electron chi connectivity index (χ2n) is 19.7. The summed E-state index contributed by atoms with van der Waals surface area (Å²) in [5.74, 6) is 2.70. The molecular weight excluding hydrogens is 929 g/mol. The Labute approximate surface area is 429 Å². The van der Waals surface area contributed by atoms with E-state index < -0.39 is 41.8 Å². The highest BCUT2D eigenvalue weighted by Gasteiger charge is 2.40. The van der Waals surface area contributed by atoms with Crippen molar-refractivity contribution in [1.82, 2.24) is 40.0 Å². The highest BCUT2D eigenvalue weighted by Crippen LogP contribution is 2.39. The number of carbonyl (C=O) groups is 5. The Kier molecular flexibility index (Phi) is 19.1. The van der Waals surface area contributed by atoms with Gasteiger partial charge in [-0.1, -0.05) is 52.2 Å². The number of esters is 1. The number of methoxy groups -OCH3 is 1. The SMILES string of the molecule is CCCOC(=O)[C@@H]1CCCN(C(=O)[C@H](Cc2cc(O)cc(-c3ccc4c(c3)c(CCC)c(-c3cccnc3COC)n4CC)c2)NC(=O)[C@H](C(C)C)N(C)C(=O)[C@H]2CCN(C(=O)C#CCN3CCOCC3)C2)N1. The number of likely N-dealkylation sites (tertiary alicyclic amines) is 1. The number of nitrogens with zero attached hydrogens (tertiary/aromatic N) is 6. The van der Waals surface area contributed by atoms with E-state index in [-0.39, 0.29) is 49.6 Å². The highest BCUT2D eigenvalue weighted by atomic mass is 16.5. The fraction of sp³-hybridized carbons (Fsp3) is 0.536. The Bertz CT molecular complexity index is 2670.